The van der Waals surface area contributed by atoms with Crippen molar-refractivity contribution in [2.75, 3.05) is 0 Å². The number of rotatable bonds is 8. The molecule has 0 aliphatic carbocycles. The molecule has 5 heteroatoms. The third-order valence-electron chi connectivity index (χ3n) is 12.0. The van der Waals surface area contributed by atoms with Crippen LogP contribution in [0.2, 0.25) is 0 Å². The number of para-hydroxylation sites is 1. The molecule has 8 rings (SSSR count). The number of benzene rings is 6. The topological polar surface area (TPSA) is 50.9 Å². The minimum atomic E-state index is -2.71. The Morgan fingerprint density at radius 2 is 1.32 bits per heavy atom. The number of phenolic OH excluding ortho intramolecular Hbond substituents is 1. The molecule has 2 aromatic heterocycles. The summed E-state index contributed by atoms with van der Waals surface area (Å²) in [5.74, 6) is -1.84. The summed E-state index contributed by atoms with van der Waals surface area (Å²) in [6.45, 7) is 22.6. The molecule has 0 radical (unpaired) electrons. The second kappa shape index (κ2) is 18.3. The Balaban J connectivity index is 0.00000903. The number of hydrogen-bond acceptors (Lipinski definition) is 3. The molecule has 0 unspecified atom stereocenters. The maximum Gasteiger partial charge on any atom is 0.148 e. The third kappa shape index (κ3) is 9.63. The number of fused-ring (bicyclic) bond motifs is 1. The van der Waals surface area contributed by atoms with E-state index in [1.165, 1.54) is 0 Å². The van der Waals surface area contributed by atoms with Gasteiger partial charge in [0.25, 0.3) is 0 Å². The summed E-state index contributed by atoms with van der Waals surface area (Å²) in [5, 5.41) is 12.6. The van der Waals surface area contributed by atoms with Gasteiger partial charge >= 0.3 is 0 Å². The summed E-state index contributed by atoms with van der Waals surface area (Å²) in [6.07, 6.45) is -0.582. The van der Waals surface area contributed by atoms with Gasteiger partial charge in [0.2, 0.25) is 0 Å². The molecule has 342 valence electrons. The van der Waals surface area contributed by atoms with Gasteiger partial charge in [-0.3, -0.25) is 9.55 Å². The van der Waals surface area contributed by atoms with Crippen molar-refractivity contribution in [3.63, 3.8) is 0 Å². The summed E-state index contributed by atoms with van der Waals surface area (Å²) < 4.78 is 117. The number of hydrogen-bond donors (Lipinski definition) is 1. The molecule has 2 heterocycles. The van der Waals surface area contributed by atoms with Crippen LogP contribution >= 0.6 is 0 Å². The average Bonchev–Trinajstić information content (AvgIpc) is 3.73. The Labute approximate surface area is 427 Å². The molecule has 8 aromatic rings. The smallest absolute Gasteiger partial charge is 0.148 e. The van der Waals surface area contributed by atoms with Gasteiger partial charge in [0.05, 0.1) is 33.3 Å². The predicted octanol–water partition coefficient (Wildman–Crippen LogP) is 16.7. The molecule has 0 amide bonds. The molecule has 0 bridgehead atoms. The van der Waals surface area contributed by atoms with E-state index in [2.05, 4.69) is 31.8 Å². The number of aromatic nitrogens is 3. The van der Waals surface area contributed by atoms with Crippen molar-refractivity contribution in [2.24, 2.45) is 0 Å². The molecule has 0 atom stereocenters. The van der Waals surface area contributed by atoms with Gasteiger partial charge in [0.15, 0.2) is 0 Å². The fraction of sp³-hybridized carbons (Fsp3) is 0.311. The summed E-state index contributed by atoms with van der Waals surface area (Å²) in [5.41, 5.74) is 5.17. The first kappa shape index (κ1) is 33.8. The molecule has 0 saturated carbocycles. The second-order valence-corrected chi connectivity index (χ2v) is 20.5. The van der Waals surface area contributed by atoms with Gasteiger partial charge in [-0.25, -0.2) is 4.98 Å². The Morgan fingerprint density at radius 3 is 1.94 bits per heavy atom. The van der Waals surface area contributed by atoms with Crippen LogP contribution in [0, 0.1) is 12.9 Å². The van der Waals surface area contributed by atoms with E-state index in [9.17, 15) is 6.48 Å². The van der Waals surface area contributed by atoms with Crippen molar-refractivity contribution >= 4 is 11.0 Å². The third-order valence-corrected chi connectivity index (χ3v) is 12.0. The SMILES string of the molecule is [2H]c1nc(-c2[c-]c(-c3cccc4c3nc(-c3cc(C(C)(C)C)cc(C(C)(C)C)c3O)n4-c3ccc(-c4cc(C([2H])(C)C)cc(C([2H])(C)C)c4)cc3C([2H])([2H])[2H])cc(C(C)(C)C)c2)c([2H])c(-c2c([2H])c([2H])c([2H])c([2H])c2[2H])c1[2H].[Pt]. The van der Waals surface area contributed by atoms with Gasteiger partial charge < -0.3 is 5.11 Å². The maximum atomic E-state index is 12.6. The van der Waals surface area contributed by atoms with Crippen molar-refractivity contribution in [1.82, 2.24) is 14.5 Å². The van der Waals surface area contributed by atoms with Crippen LogP contribution in [-0.4, -0.2) is 19.6 Å². The van der Waals surface area contributed by atoms with Crippen LogP contribution in [0.1, 0.15) is 153 Å². The van der Waals surface area contributed by atoms with Crippen LogP contribution in [0.5, 0.6) is 5.75 Å². The number of pyridine rings is 1. The number of imidazole rings is 1. The van der Waals surface area contributed by atoms with E-state index in [0.717, 1.165) is 11.1 Å². The largest absolute Gasteiger partial charge is 0.507 e. The van der Waals surface area contributed by atoms with Gasteiger partial charge in [-0.2, -0.15) is 0 Å². The van der Waals surface area contributed by atoms with E-state index in [-0.39, 0.29) is 60.7 Å². The Hall–Kier alpha value is -5.57. The summed E-state index contributed by atoms with van der Waals surface area (Å²) in [7, 11) is 0. The van der Waals surface area contributed by atoms with E-state index in [4.69, 9.17) is 21.4 Å². The molecule has 0 saturated heterocycles. The van der Waals surface area contributed by atoms with Crippen molar-refractivity contribution in [3.8, 4) is 67.5 Å². The summed E-state index contributed by atoms with van der Waals surface area (Å²) in [4.78, 5) is 9.83. The van der Waals surface area contributed by atoms with E-state index < -0.39 is 88.9 Å². The van der Waals surface area contributed by atoms with Crippen LogP contribution in [0.4, 0.5) is 0 Å². The zero-order valence-electron chi connectivity index (χ0n) is 53.1. The number of aryl methyl sites for hydroxylation is 1. The molecule has 0 fully saturated rings. The van der Waals surface area contributed by atoms with Gasteiger partial charge in [-0.05, 0) is 110 Å². The molecule has 6 aromatic carbocycles. The molecule has 0 aliphatic rings. The predicted molar refractivity (Wildman–Crippen MR) is 276 cm³/mol. The standard InChI is InChI=1S/C61H66N3O.Pt/c1-37(2)43-28-44(38(3)4)30-45(29-43)41-23-24-54(39(5)27-41)64-55-22-18-21-50(56(55)63-58(64)51-35-49(60(9,10)11)36-52(57(51)65)61(12,13)14)46-31-47(33-48(32-46)59(6,7)8)53-34-42(25-26-62-53)40-19-16-15-17-20-40;/h15-30,32-38,65H,1-14H3;/q-1;/i5D3,15D,16D,17D,19D,20D,25D,26D,34D,37D,38D;. The molecular formula is C61H66N3OPt-. The molecule has 1 N–H and O–H groups in total. The minimum absolute atomic E-state index is 0. The molecule has 4 nitrogen and oxygen atoms in total. The zero-order valence-corrected chi connectivity index (χ0v) is 42.4. The molecule has 66 heavy (non-hydrogen) atoms. The van der Waals surface area contributed by atoms with Gasteiger partial charge in [0.1, 0.15) is 11.6 Å². The number of phenols is 1. The van der Waals surface area contributed by atoms with Crippen LogP contribution < -0.4 is 0 Å². The summed E-state index contributed by atoms with van der Waals surface area (Å²) >= 11 is 0. The summed E-state index contributed by atoms with van der Waals surface area (Å²) in [6, 6.07) is 23.1. The van der Waals surface area contributed by atoms with Crippen LogP contribution in [0.15, 0.2) is 127 Å². The van der Waals surface area contributed by atoms with Crippen molar-refractivity contribution in [1.29, 1.82) is 0 Å². The van der Waals surface area contributed by atoms with E-state index in [1.807, 2.05) is 102 Å². The van der Waals surface area contributed by atoms with Crippen LogP contribution in [-0.2, 0) is 37.3 Å². The Bertz CT molecular complexity index is 3690. The van der Waals surface area contributed by atoms with Gasteiger partial charge in [-0.1, -0.05) is 180 Å². The average molecular weight is 1070 g/mol. The van der Waals surface area contributed by atoms with E-state index in [0.29, 0.717) is 55.5 Å². The second-order valence-electron chi connectivity index (χ2n) is 20.5. The van der Waals surface area contributed by atoms with Gasteiger partial charge in [-0.15, -0.1) is 29.3 Å². The molecule has 0 aliphatic heterocycles. The normalized spacial score (nSPS) is 15.6. The monoisotopic (exact) mass is 1060 g/mol. The maximum absolute atomic E-state index is 12.6. The van der Waals surface area contributed by atoms with Crippen molar-refractivity contribution in [2.45, 2.75) is 125 Å². The first-order valence-corrected chi connectivity index (χ1v) is 22.1. The van der Waals surface area contributed by atoms with Crippen molar-refractivity contribution in [3.05, 3.63) is 167 Å². The molecular weight excluding hydrogens is 986 g/mol. The van der Waals surface area contributed by atoms with E-state index >= 15 is 0 Å². The quantitative estimate of drug-likeness (QED) is 0.154. The fourth-order valence-corrected chi connectivity index (χ4v) is 8.05. The Morgan fingerprint density at radius 1 is 0.667 bits per heavy atom. The minimum Gasteiger partial charge on any atom is -0.507 e. The molecule has 0 spiro atoms. The van der Waals surface area contributed by atoms with Crippen LogP contribution in [0.3, 0.4) is 0 Å². The van der Waals surface area contributed by atoms with E-state index in [1.54, 1.807) is 50.5 Å². The Kier molecular flexibility index (Phi) is 9.36. The zero-order chi connectivity index (χ0) is 58.1. The number of nitrogens with zero attached hydrogens (tertiary/aromatic N) is 3. The number of aromatic hydroxyl groups is 1. The van der Waals surface area contributed by atoms with Crippen LogP contribution in [0.25, 0.3) is 72.7 Å². The van der Waals surface area contributed by atoms with Crippen molar-refractivity contribution < 1.29 is 44.0 Å². The fourth-order valence-electron chi connectivity index (χ4n) is 8.05. The first-order valence-electron chi connectivity index (χ1n) is 28.6. The van der Waals surface area contributed by atoms with Gasteiger partial charge in [0, 0.05) is 45.3 Å². The first-order chi connectivity index (χ1) is 35.7.